The Morgan fingerprint density at radius 2 is 1.87 bits per heavy atom. The molecule has 2 aromatic carbocycles. The van der Waals surface area contributed by atoms with Gasteiger partial charge in [0, 0.05) is 18.8 Å². The van der Waals surface area contributed by atoms with Crippen LogP contribution in [0.2, 0.25) is 5.02 Å². The van der Waals surface area contributed by atoms with Crippen molar-refractivity contribution in [1.29, 1.82) is 0 Å². The lowest BCUT2D eigenvalue weighted by Crippen LogP contribution is -2.30. The van der Waals surface area contributed by atoms with Gasteiger partial charge in [-0.05, 0) is 50.1 Å². The van der Waals surface area contributed by atoms with Gasteiger partial charge in [-0.25, -0.2) is 13.2 Å². The fourth-order valence-electron chi connectivity index (χ4n) is 3.56. The normalized spacial score (nSPS) is 16.1. The summed E-state index contributed by atoms with van der Waals surface area (Å²) < 4.78 is 33.6. The van der Waals surface area contributed by atoms with Crippen LogP contribution in [0.15, 0.2) is 56.6 Å². The molecule has 158 valence electrons. The maximum atomic E-state index is 12.9. The van der Waals surface area contributed by atoms with Crippen LogP contribution >= 0.6 is 11.6 Å². The van der Waals surface area contributed by atoms with Crippen molar-refractivity contribution in [3.63, 3.8) is 0 Å². The molecule has 0 saturated carbocycles. The molecular formula is C20H20ClN3O5S. The summed E-state index contributed by atoms with van der Waals surface area (Å²) in [5, 5.41) is 2.76. The van der Waals surface area contributed by atoms with Crippen LogP contribution < -0.4 is 11.1 Å². The van der Waals surface area contributed by atoms with Crippen LogP contribution in [0.25, 0.3) is 11.1 Å². The van der Waals surface area contributed by atoms with Crippen LogP contribution in [0.3, 0.4) is 0 Å². The van der Waals surface area contributed by atoms with E-state index in [1.807, 2.05) is 0 Å². The van der Waals surface area contributed by atoms with E-state index < -0.39 is 27.7 Å². The number of benzene rings is 2. The van der Waals surface area contributed by atoms with Gasteiger partial charge in [0.2, 0.25) is 15.9 Å². The van der Waals surface area contributed by atoms with Gasteiger partial charge in [-0.3, -0.25) is 9.36 Å². The van der Waals surface area contributed by atoms with E-state index in [0.717, 1.165) is 12.8 Å². The Morgan fingerprint density at radius 1 is 1.17 bits per heavy atom. The molecule has 8 nitrogen and oxygen atoms in total. The molecule has 1 aliphatic rings. The Kier molecular flexibility index (Phi) is 5.44. The number of nitrogens with zero attached hydrogens (tertiary/aromatic N) is 2. The topological polar surface area (TPSA) is 102 Å². The van der Waals surface area contributed by atoms with Gasteiger partial charge in [-0.2, -0.15) is 4.31 Å². The van der Waals surface area contributed by atoms with Gasteiger partial charge in [0.25, 0.3) is 0 Å². The number of rotatable bonds is 5. The Bertz CT molecular complexity index is 1280. The van der Waals surface area contributed by atoms with Crippen LogP contribution in [0.5, 0.6) is 0 Å². The minimum atomic E-state index is -3.75. The first-order valence-corrected chi connectivity index (χ1v) is 11.3. The molecule has 1 aromatic heterocycles. The number of halogens is 1. The average molecular weight is 450 g/mol. The van der Waals surface area contributed by atoms with Crippen molar-refractivity contribution in [3.05, 3.63) is 58.0 Å². The molecule has 0 bridgehead atoms. The molecule has 1 saturated heterocycles. The van der Waals surface area contributed by atoms with Crippen LogP contribution in [0.4, 0.5) is 5.69 Å². The van der Waals surface area contributed by atoms with Crippen molar-refractivity contribution in [1.82, 2.24) is 8.87 Å². The number of para-hydroxylation sites is 2. The number of carbonyl (C=O) groups is 1. The van der Waals surface area contributed by atoms with E-state index in [9.17, 15) is 18.0 Å². The molecule has 1 N–H and O–H groups in total. The molecule has 0 spiro atoms. The number of aromatic nitrogens is 1. The number of amides is 1. The van der Waals surface area contributed by atoms with Crippen LogP contribution in [0.1, 0.15) is 25.8 Å². The molecule has 3 aromatic rings. The van der Waals surface area contributed by atoms with Crippen LogP contribution in [-0.2, 0) is 14.8 Å². The third-order valence-corrected chi connectivity index (χ3v) is 7.55. The zero-order valence-corrected chi connectivity index (χ0v) is 17.7. The van der Waals surface area contributed by atoms with Crippen LogP contribution in [-0.4, -0.2) is 36.3 Å². The highest BCUT2D eigenvalue weighted by molar-refractivity contribution is 7.89. The molecule has 10 heteroatoms. The molecule has 0 aliphatic carbocycles. The van der Waals surface area contributed by atoms with Crippen molar-refractivity contribution in [2.75, 3.05) is 18.4 Å². The Hall–Kier alpha value is -2.62. The lowest BCUT2D eigenvalue weighted by atomic mass is 10.2. The summed E-state index contributed by atoms with van der Waals surface area (Å²) in [7, 11) is -3.75. The molecule has 0 unspecified atom stereocenters. The van der Waals surface area contributed by atoms with Gasteiger partial charge in [-0.1, -0.05) is 23.7 Å². The fraction of sp³-hybridized carbons (Fsp3) is 0.300. The summed E-state index contributed by atoms with van der Waals surface area (Å²) in [5.74, 6) is -1.14. The van der Waals surface area contributed by atoms with Crippen molar-refractivity contribution in [2.24, 2.45) is 0 Å². The van der Waals surface area contributed by atoms with Gasteiger partial charge in [0.05, 0.1) is 10.5 Å². The van der Waals surface area contributed by atoms with Crippen molar-refractivity contribution >= 4 is 44.3 Å². The van der Waals surface area contributed by atoms with E-state index >= 15 is 0 Å². The average Bonchev–Trinajstić information content (AvgIpc) is 3.36. The predicted octanol–water partition coefficient (Wildman–Crippen LogP) is 3.23. The smallest absolute Gasteiger partial charge is 0.408 e. The number of nitrogens with one attached hydrogen (secondary N) is 1. The Morgan fingerprint density at radius 3 is 2.60 bits per heavy atom. The highest BCUT2D eigenvalue weighted by Gasteiger charge is 2.30. The van der Waals surface area contributed by atoms with Gasteiger partial charge >= 0.3 is 5.76 Å². The number of carbonyl (C=O) groups excluding carboxylic acids is 1. The number of hydrogen-bond acceptors (Lipinski definition) is 5. The standard InChI is InChI=1S/C20H20ClN3O5S/c1-13(24-16-6-2-3-7-17(16)29-20(24)26)19(25)22-14-8-9-15(21)18(12-14)30(27,28)23-10-4-5-11-23/h2-3,6-9,12-13H,4-5,10-11H2,1H3,(H,22,25)/t13-/m0/s1. The molecule has 30 heavy (non-hydrogen) atoms. The van der Waals surface area contributed by atoms with E-state index in [0.29, 0.717) is 24.2 Å². The summed E-state index contributed by atoms with van der Waals surface area (Å²) >= 11 is 6.15. The molecular weight excluding hydrogens is 430 g/mol. The summed E-state index contributed by atoms with van der Waals surface area (Å²) in [4.78, 5) is 25.0. The second-order valence-electron chi connectivity index (χ2n) is 7.13. The quantitative estimate of drug-likeness (QED) is 0.644. The lowest BCUT2D eigenvalue weighted by molar-refractivity contribution is -0.118. The van der Waals surface area contributed by atoms with E-state index in [2.05, 4.69) is 5.32 Å². The molecule has 1 amide bonds. The second-order valence-corrected chi connectivity index (χ2v) is 9.44. The number of anilines is 1. The minimum absolute atomic E-state index is 0.0533. The molecule has 1 fully saturated rings. The number of hydrogen-bond donors (Lipinski definition) is 1. The maximum Gasteiger partial charge on any atom is 0.420 e. The first-order valence-electron chi connectivity index (χ1n) is 9.49. The van der Waals surface area contributed by atoms with Gasteiger partial charge in [0.1, 0.15) is 10.9 Å². The summed E-state index contributed by atoms with van der Waals surface area (Å²) in [6, 6.07) is 10.2. The molecule has 0 radical (unpaired) electrons. The molecule has 2 heterocycles. The van der Waals surface area contributed by atoms with Gasteiger partial charge in [0.15, 0.2) is 5.58 Å². The van der Waals surface area contributed by atoms with Crippen molar-refractivity contribution < 1.29 is 17.6 Å². The molecule has 4 rings (SSSR count). The van der Waals surface area contributed by atoms with Crippen LogP contribution in [0, 0.1) is 0 Å². The van der Waals surface area contributed by atoms with E-state index in [4.69, 9.17) is 16.0 Å². The third kappa shape index (κ3) is 3.64. The van der Waals surface area contributed by atoms with Gasteiger partial charge < -0.3 is 9.73 Å². The SMILES string of the molecule is C[C@@H](C(=O)Nc1ccc(Cl)c(S(=O)(=O)N2CCCC2)c1)n1c(=O)oc2ccccc21. The number of fused-ring (bicyclic) bond motifs is 1. The fourth-order valence-corrected chi connectivity index (χ4v) is 5.58. The maximum absolute atomic E-state index is 12.9. The minimum Gasteiger partial charge on any atom is -0.408 e. The Balaban J connectivity index is 1.62. The molecule has 1 atom stereocenters. The van der Waals surface area contributed by atoms with E-state index in [-0.39, 0.29) is 15.6 Å². The summed E-state index contributed by atoms with van der Waals surface area (Å²) in [6.07, 6.45) is 1.61. The largest absolute Gasteiger partial charge is 0.420 e. The number of sulfonamides is 1. The highest BCUT2D eigenvalue weighted by atomic mass is 35.5. The second kappa shape index (κ2) is 7.90. The zero-order valence-electron chi connectivity index (χ0n) is 16.2. The Labute approximate surface area is 178 Å². The van der Waals surface area contributed by atoms with E-state index in [1.54, 1.807) is 31.2 Å². The zero-order chi connectivity index (χ0) is 21.5. The first-order chi connectivity index (χ1) is 14.3. The summed E-state index contributed by atoms with van der Waals surface area (Å²) in [5.41, 5.74) is 1.15. The monoisotopic (exact) mass is 449 g/mol. The third-order valence-electron chi connectivity index (χ3n) is 5.17. The highest BCUT2D eigenvalue weighted by Crippen LogP contribution is 2.30. The van der Waals surface area contributed by atoms with Crippen molar-refractivity contribution in [2.45, 2.75) is 30.7 Å². The predicted molar refractivity (Wildman–Crippen MR) is 113 cm³/mol. The first kappa shape index (κ1) is 20.6. The molecule has 1 aliphatic heterocycles. The lowest BCUT2D eigenvalue weighted by Gasteiger charge is -2.18. The van der Waals surface area contributed by atoms with Gasteiger partial charge in [-0.15, -0.1) is 0 Å². The summed E-state index contributed by atoms with van der Waals surface area (Å²) in [6.45, 7) is 2.46. The van der Waals surface area contributed by atoms with Crippen molar-refractivity contribution in [3.8, 4) is 0 Å². The van der Waals surface area contributed by atoms with E-state index in [1.165, 1.54) is 27.1 Å². The number of oxazole rings is 1.